The van der Waals surface area contributed by atoms with Crippen LogP contribution < -0.4 is 10.1 Å². The zero-order valence-corrected chi connectivity index (χ0v) is 11.1. The average Bonchev–Trinajstić information content (AvgIpc) is 3.07. The van der Waals surface area contributed by atoms with Crippen molar-refractivity contribution < 1.29 is 4.74 Å². The van der Waals surface area contributed by atoms with E-state index in [0.29, 0.717) is 17.0 Å². The van der Waals surface area contributed by atoms with Gasteiger partial charge in [0.2, 0.25) is 0 Å². The van der Waals surface area contributed by atoms with Crippen LogP contribution in [0.3, 0.4) is 0 Å². The van der Waals surface area contributed by atoms with Crippen LogP contribution in [0.2, 0.25) is 5.02 Å². The van der Waals surface area contributed by atoms with Crippen molar-refractivity contribution in [3.05, 3.63) is 23.5 Å². The molecule has 1 unspecified atom stereocenters. The third kappa shape index (κ3) is 4.17. The summed E-state index contributed by atoms with van der Waals surface area (Å²) in [6.45, 7) is 5.21. The maximum Gasteiger partial charge on any atom is 0.139 e. The smallest absolute Gasteiger partial charge is 0.139 e. The van der Waals surface area contributed by atoms with Gasteiger partial charge in [0.25, 0.3) is 0 Å². The molecule has 0 bridgehead atoms. The Morgan fingerprint density at radius 2 is 2.24 bits per heavy atom. The summed E-state index contributed by atoms with van der Waals surface area (Å²) < 4.78 is 5.93. The Morgan fingerprint density at radius 1 is 1.47 bits per heavy atom. The second-order valence-corrected chi connectivity index (χ2v) is 5.36. The Balaban J connectivity index is 1.91. The van der Waals surface area contributed by atoms with Crippen molar-refractivity contribution in [2.45, 2.75) is 38.8 Å². The van der Waals surface area contributed by atoms with Crippen molar-refractivity contribution in [3.63, 3.8) is 0 Å². The molecular weight excluding hydrogens is 236 g/mol. The number of rotatable bonds is 6. The first-order valence-electron chi connectivity index (χ1n) is 6.15. The van der Waals surface area contributed by atoms with Crippen LogP contribution in [0.25, 0.3) is 0 Å². The molecule has 94 valence electrons. The molecule has 1 aromatic rings. The summed E-state index contributed by atoms with van der Waals surface area (Å²) in [5.41, 5.74) is 0. The van der Waals surface area contributed by atoms with Crippen LogP contribution in [-0.4, -0.2) is 23.7 Å². The molecule has 1 aliphatic carbocycles. The zero-order chi connectivity index (χ0) is 12.3. The van der Waals surface area contributed by atoms with E-state index in [9.17, 15) is 0 Å². The molecule has 0 saturated heterocycles. The molecule has 0 amide bonds. The number of pyridine rings is 1. The molecule has 4 heteroatoms. The van der Waals surface area contributed by atoms with Gasteiger partial charge < -0.3 is 10.1 Å². The fourth-order valence-electron chi connectivity index (χ4n) is 1.62. The quantitative estimate of drug-likeness (QED) is 0.848. The number of hydrogen-bond acceptors (Lipinski definition) is 3. The molecule has 1 N–H and O–H groups in total. The number of halogens is 1. The van der Waals surface area contributed by atoms with E-state index in [4.69, 9.17) is 16.3 Å². The largest absolute Gasteiger partial charge is 0.487 e. The minimum Gasteiger partial charge on any atom is -0.487 e. The number of ether oxygens (including phenoxy) is 1. The van der Waals surface area contributed by atoms with Crippen molar-refractivity contribution >= 4 is 11.6 Å². The van der Waals surface area contributed by atoms with E-state index in [2.05, 4.69) is 24.1 Å². The summed E-state index contributed by atoms with van der Waals surface area (Å²) in [5.74, 6) is 1.20. The molecule has 0 aliphatic heterocycles. The van der Waals surface area contributed by atoms with E-state index in [-0.39, 0.29) is 6.10 Å². The van der Waals surface area contributed by atoms with Gasteiger partial charge in [-0.1, -0.05) is 25.4 Å². The van der Waals surface area contributed by atoms with E-state index >= 15 is 0 Å². The van der Waals surface area contributed by atoms with Gasteiger partial charge in [0.05, 0.1) is 11.2 Å². The number of aromatic nitrogens is 1. The average molecular weight is 255 g/mol. The maximum absolute atomic E-state index is 5.93. The Bertz CT molecular complexity index is 366. The lowest BCUT2D eigenvalue weighted by Gasteiger charge is -2.23. The van der Waals surface area contributed by atoms with Gasteiger partial charge in [0.1, 0.15) is 11.9 Å². The standard InChI is InChI=1S/C13H19ClN2O/c1-9(2)13(8-16-11-3-4-11)17-12-5-10(14)6-15-7-12/h5-7,9,11,13,16H,3-4,8H2,1-2H3. The summed E-state index contributed by atoms with van der Waals surface area (Å²) >= 11 is 5.89. The molecule has 2 rings (SSSR count). The molecule has 1 aromatic heterocycles. The second kappa shape index (κ2) is 5.69. The number of nitrogens with one attached hydrogen (secondary N) is 1. The maximum atomic E-state index is 5.93. The molecule has 1 aliphatic rings. The van der Waals surface area contributed by atoms with Gasteiger partial charge >= 0.3 is 0 Å². The minimum absolute atomic E-state index is 0.163. The molecule has 0 radical (unpaired) electrons. The molecule has 1 heterocycles. The lowest BCUT2D eigenvalue weighted by Crippen LogP contribution is -2.36. The summed E-state index contributed by atoms with van der Waals surface area (Å²) in [6, 6.07) is 2.51. The van der Waals surface area contributed by atoms with Gasteiger partial charge in [-0.15, -0.1) is 0 Å². The first-order chi connectivity index (χ1) is 8.15. The van der Waals surface area contributed by atoms with Crippen molar-refractivity contribution in [2.75, 3.05) is 6.54 Å². The van der Waals surface area contributed by atoms with Crippen LogP contribution in [0, 0.1) is 5.92 Å². The van der Waals surface area contributed by atoms with Gasteiger partial charge in [-0.2, -0.15) is 0 Å². The van der Waals surface area contributed by atoms with Crippen molar-refractivity contribution in [2.24, 2.45) is 5.92 Å². The third-order valence-electron chi connectivity index (χ3n) is 2.90. The number of hydrogen-bond donors (Lipinski definition) is 1. The Labute approximate surface area is 108 Å². The third-order valence-corrected chi connectivity index (χ3v) is 3.10. The molecular formula is C13H19ClN2O. The molecule has 1 saturated carbocycles. The summed E-state index contributed by atoms with van der Waals surface area (Å²) in [6.07, 6.45) is 6.07. The van der Waals surface area contributed by atoms with Crippen LogP contribution in [0.1, 0.15) is 26.7 Å². The highest BCUT2D eigenvalue weighted by atomic mass is 35.5. The SMILES string of the molecule is CC(C)C(CNC1CC1)Oc1cncc(Cl)c1. The van der Waals surface area contributed by atoms with Gasteiger partial charge in [-0.05, 0) is 18.8 Å². The van der Waals surface area contributed by atoms with E-state index < -0.39 is 0 Å². The van der Waals surface area contributed by atoms with Crippen molar-refractivity contribution in [1.82, 2.24) is 10.3 Å². The van der Waals surface area contributed by atoms with Crippen LogP contribution in [0.4, 0.5) is 0 Å². The highest BCUT2D eigenvalue weighted by molar-refractivity contribution is 6.30. The normalized spacial score (nSPS) is 17.2. The van der Waals surface area contributed by atoms with Crippen molar-refractivity contribution in [1.29, 1.82) is 0 Å². The predicted molar refractivity (Wildman–Crippen MR) is 69.5 cm³/mol. The first-order valence-corrected chi connectivity index (χ1v) is 6.53. The lowest BCUT2D eigenvalue weighted by molar-refractivity contribution is 0.148. The first kappa shape index (κ1) is 12.7. The van der Waals surface area contributed by atoms with Gasteiger partial charge in [0.15, 0.2) is 0 Å². The van der Waals surface area contributed by atoms with E-state index in [1.165, 1.54) is 12.8 Å². The highest BCUT2D eigenvalue weighted by Gasteiger charge is 2.23. The van der Waals surface area contributed by atoms with Gasteiger partial charge in [-0.3, -0.25) is 4.98 Å². The zero-order valence-electron chi connectivity index (χ0n) is 10.3. The fraction of sp³-hybridized carbons (Fsp3) is 0.615. The molecule has 1 atom stereocenters. The Kier molecular flexibility index (Phi) is 4.24. The Morgan fingerprint density at radius 3 is 2.82 bits per heavy atom. The predicted octanol–water partition coefficient (Wildman–Crippen LogP) is 2.89. The molecule has 0 aromatic carbocycles. The Hall–Kier alpha value is -0.800. The summed E-state index contributed by atoms with van der Waals surface area (Å²) in [5, 5.41) is 4.11. The molecule has 3 nitrogen and oxygen atoms in total. The highest BCUT2D eigenvalue weighted by Crippen LogP contribution is 2.21. The number of nitrogens with zero attached hydrogens (tertiary/aromatic N) is 1. The van der Waals surface area contributed by atoms with Crippen LogP contribution in [0.15, 0.2) is 18.5 Å². The second-order valence-electron chi connectivity index (χ2n) is 4.92. The summed E-state index contributed by atoms with van der Waals surface area (Å²) in [4.78, 5) is 4.03. The topological polar surface area (TPSA) is 34.1 Å². The molecule has 0 spiro atoms. The van der Waals surface area contributed by atoms with Gasteiger partial charge in [0, 0.05) is 24.8 Å². The van der Waals surface area contributed by atoms with Gasteiger partial charge in [-0.25, -0.2) is 0 Å². The van der Waals surface area contributed by atoms with E-state index in [1.54, 1.807) is 18.5 Å². The lowest BCUT2D eigenvalue weighted by atomic mass is 10.1. The monoisotopic (exact) mass is 254 g/mol. The minimum atomic E-state index is 0.163. The van der Waals surface area contributed by atoms with Crippen molar-refractivity contribution in [3.8, 4) is 5.75 Å². The van der Waals surface area contributed by atoms with Crippen LogP contribution in [-0.2, 0) is 0 Å². The van der Waals surface area contributed by atoms with E-state index in [0.717, 1.165) is 12.3 Å². The van der Waals surface area contributed by atoms with E-state index in [1.807, 2.05) is 0 Å². The molecule has 1 fully saturated rings. The fourth-order valence-corrected chi connectivity index (χ4v) is 1.78. The molecule has 17 heavy (non-hydrogen) atoms. The van der Waals surface area contributed by atoms with Crippen LogP contribution in [0.5, 0.6) is 5.75 Å². The summed E-state index contributed by atoms with van der Waals surface area (Å²) in [7, 11) is 0. The van der Waals surface area contributed by atoms with Crippen LogP contribution >= 0.6 is 11.6 Å².